The fourth-order valence-electron chi connectivity index (χ4n) is 6.27. The van der Waals surface area contributed by atoms with Crippen LogP contribution in [0.5, 0.6) is 5.88 Å². The van der Waals surface area contributed by atoms with Crippen molar-refractivity contribution in [2.75, 3.05) is 34.3 Å². The molecule has 1 aliphatic rings. The van der Waals surface area contributed by atoms with Crippen molar-refractivity contribution in [2.24, 2.45) is 0 Å². The van der Waals surface area contributed by atoms with Gasteiger partial charge in [-0.25, -0.2) is 19.3 Å². The van der Waals surface area contributed by atoms with Crippen molar-refractivity contribution in [3.05, 3.63) is 88.2 Å². The number of carbonyl (C=O) groups is 3. The second-order valence-electron chi connectivity index (χ2n) is 13.2. The van der Waals surface area contributed by atoms with Gasteiger partial charge in [-0.15, -0.1) is 0 Å². The number of ether oxygens (including phenoxy) is 1. The molecule has 2 atom stereocenters. The van der Waals surface area contributed by atoms with Gasteiger partial charge in [0.1, 0.15) is 0 Å². The molecule has 54 heavy (non-hydrogen) atoms. The zero-order valence-electron chi connectivity index (χ0n) is 29.9. The summed E-state index contributed by atoms with van der Waals surface area (Å²) in [5.41, 5.74) is 5.72. The molecule has 1 fully saturated rings. The van der Waals surface area contributed by atoms with Crippen molar-refractivity contribution in [2.45, 2.75) is 44.5 Å². The maximum atomic E-state index is 12.1. The van der Waals surface area contributed by atoms with E-state index in [1.807, 2.05) is 48.5 Å². The average Bonchev–Trinajstić information content (AvgIpc) is 3.76. The minimum atomic E-state index is -1.11. The van der Waals surface area contributed by atoms with E-state index in [2.05, 4.69) is 15.6 Å². The first-order valence-electron chi connectivity index (χ1n) is 17.2. The third-order valence-corrected chi connectivity index (χ3v) is 9.91. The summed E-state index contributed by atoms with van der Waals surface area (Å²) in [5.74, 6) is 0.0235. The standard InChI is InChI=1S/C38H40Cl2N8O6/c1-46(2)34(51)16-25(49)18-41-17-24-21-48-32(42-24)14-13-31(45-48)29-9-5-7-27(36(29)40)26-6-4-8-28(35(26)39)30-12-10-22(37(44-30)54-3)19-47(38(52)53)20-23-11-15-33(50)43-23/h4-10,12-14,21,23,25,41,49H,11,15-20H2,1-3H3,(H,43,50)(H,52,53)/t23-,25-/m0/s1. The number of carbonyl (C=O) groups excluding carboxylic acids is 2. The number of hydrogen-bond donors (Lipinski definition) is 4. The summed E-state index contributed by atoms with van der Waals surface area (Å²) in [5, 5.41) is 31.6. The van der Waals surface area contributed by atoms with Crippen molar-refractivity contribution in [3.63, 3.8) is 0 Å². The van der Waals surface area contributed by atoms with Crippen molar-refractivity contribution in [1.82, 2.24) is 40.0 Å². The molecule has 1 aliphatic heterocycles. The van der Waals surface area contributed by atoms with Gasteiger partial charge in [0.25, 0.3) is 0 Å². The van der Waals surface area contributed by atoms with E-state index in [1.165, 1.54) is 16.9 Å². The Labute approximate surface area is 321 Å². The summed E-state index contributed by atoms with van der Waals surface area (Å²) in [6.45, 7) is 0.790. The lowest BCUT2D eigenvalue weighted by Crippen LogP contribution is -2.41. The molecular weight excluding hydrogens is 735 g/mol. The summed E-state index contributed by atoms with van der Waals surface area (Å²) in [6, 6.07) is 18.2. The Kier molecular flexibility index (Phi) is 12.0. The molecule has 6 rings (SSSR count). The van der Waals surface area contributed by atoms with Crippen LogP contribution in [0.15, 0.2) is 66.9 Å². The van der Waals surface area contributed by atoms with E-state index in [9.17, 15) is 24.6 Å². The van der Waals surface area contributed by atoms with Gasteiger partial charge in [-0.3, -0.25) is 9.59 Å². The van der Waals surface area contributed by atoms with Crippen molar-refractivity contribution in [1.29, 1.82) is 0 Å². The van der Waals surface area contributed by atoms with Crippen LogP contribution < -0.4 is 15.4 Å². The molecule has 14 nitrogen and oxygen atoms in total. The first kappa shape index (κ1) is 38.4. The first-order chi connectivity index (χ1) is 25.9. The lowest BCUT2D eigenvalue weighted by Gasteiger charge is -2.23. The number of amides is 3. The van der Waals surface area contributed by atoms with Gasteiger partial charge in [-0.2, -0.15) is 5.10 Å². The van der Waals surface area contributed by atoms with Crippen LogP contribution in [-0.4, -0.2) is 104 Å². The first-order valence-corrected chi connectivity index (χ1v) is 18.0. The predicted molar refractivity (Wildman–Crippen MR) is 204 cm³/mol. The van der Waals surface area contributed by atoms with Crippen molar-refractivity contribution < 1.29 is 29.3 Å². The molecule has 0 saturated carbocycles. The van der Waals surface area contributed by atoms with Gasteiger partial charge >= 0.3 is 6.09 Å². The third-order valence-electron chi connectivity index (χ3n) is 9.09. The minimum absolute atomic E-state index is 0.0238. The van der Waals surface area contributed by atoms with Crippen LogP contribution in [0.4, 0.5) is 4.79 Å². The van der Waals surface area contributed by atoms with Gasteiger partial charge in [-0.1, -0.05) is 59.6 Å². The number of nitrogens with one attached hydrogen (secondary N) is 2. The highest BCUT2D eigenvalue weighted by molar-refractivity contribution is 6.39. The van der Waals surface area contributed by atoms with Gasteiger partial charge < -0.3 is 35.4 Å². The molecule has 5 aromatic rings. The number of nitrogens with zero attached hydrogens (tertiary/aromatic N) is 6. The Morgan fingerprint density at radius 1 is 1.00 bits per heavy atom. The minimum Gasteiger partial charge on any atom is -0.481 e. The zero-order valence-corrected chi connectivity index (χ0v) is 31.4. The van der Waals surface area contributed by atoms with Crippen LogP contribution in [0.3, 0.4) is 0 Å². The molecule has 3 aromatic heterocycles. The van der Waals surface area contributed by atoms with Crippen LogP contribution in [0.2, 0.25) is 10.0 Å². The zero-order chi connectivity index (χ0) is 38.5. The number of rotatable bonds is 14. The predicted octanol–water partition coefficient (Wildman–Crippen LogP) is 5.13. The number of aliphatic hydroxyl groups excluding tert-OH is 1. The van der Waals surface area contributed by atoms with Crippen molar-refractivity contribution >= 4 is 46.8 Å². The molecule has 0 bridgehead atoms. The highest BCUT2D eigenvalue weighted by Crippen LogP contribution is 2.42. The number of pyridine rings is 1. The number of benzene rings is 2. The molecule has 4 heterocycles. The van der Waals surface area contributed by atoms with Gasteiger partial charge in [0.15, 0.2) is 5.65 Å². The van der Waals surface area contributed by atoms with E-state index in [1.54, 1.807) is 36.9 Å². The topological polar surface area (TPSA) is 175 Å². The highest BCUT2D eigenvalue weighted by atomic mass is 35.5. The van der Waals surface area contributed by atoms with Crippen LogP contribution in [0.25, 0.3) is 39.3 Å². The van der Waals surface area contributed by atoms with Crippen LogP contribution in [-0.2, 0) is 22.7 Å². The molecule has 4 N–H and O–H groups in total. The number of hydrogen-bond acceptors (Lipinski definition) is 9. The Bertz CT molecular complexity index is 2190. The molecule has 282 valence electrons. The van der Waals surface area contributed by atoms with Crippen molar-refractivity contribution in [3.8, 4) is 39.5 Å². The lowest BCUT2D eigenvalue weighted by molar-refractivity contribution is -0.130. The second-order valence-corrected chi connectivity index (χ2v) is 14.0. The SMILES string of the molecule is COc1nc(-c2cccc(-c3cccc(-c4ccc5nc(CNC[C@@H](O)CC(=O)N(C)C)cn5n4)c3Cl)c2Cl)ccc1CN(C[C@@H]1CCC(=O)N1)C(=O)O. The van der Waals surface area contributed by atoms with Gasteiger partial charge in [0, 0.05) is 74.0 Å². The molecule has 0 spiro atoms. The molecule has 0 unspecified atom stereocenters. The second kappa shape index (κ2) is 16.8. The number of imidazole rings is 1. The van der Waals surface area contributed by atoms with E-state index in [0.29, 0.717) is 80.0 Å². The van der Waals surface area contributed by atoms with Gasteiger partial charge in [-0.05, 0) is 30.7 Å². The quantitative estimate of drug-likeness (QED) is 0.119. The van der Waals surface area contributed by atoms with E-state index >= 15 is 0 Å². The summed E-state index contributed by atoms with van der Waals surface area (Å²) in [6.07, 6.45) is 0.851. The van der Waals surface area contributed by atoms with E-state index < -0.39 is 12.2 Å². The Hall–Kier alpha value is -5.28. The summed E-state index contributed by atoms with van der Waals surface area (Å²) in [4.78, 5) is 47.6. The summed E-state index contributed by atoms with van der Waals surface area (Å²) < 4.78 is 7.26. The van der Waals surface area contributed by atoms with E-state index in [0.717, 1.165) is 0 Å². The normalized spacial score (nSPS) is 14.6. The average molecular weight is 776 g/mol. The molecule has 0 aliphatic carbocycles. The number of methoxy groups -OCH3 is 1. The number of carboxylic acid groups (broad SMARTS) is 1. The molecule has 16 heteroatoms. The van der Waals surface area contributed by atoms with Crippen LogP contribution >= 0.6 is 23.2 Å². The van der Waals surface area contributed by atoms with Gasteiger partial charge in [0.2, 0.25) is 17.7 Å². The monoisotopic (exact) mass is 774 g/mol. The number of aliphatic hydroxyl groups is 1. The van der Waals surface area contributed by atoms with Gasteiger partial charge in [0.05, 0.1) is 59.5 Å². The van der Waals surface area contributed by atoms with Crippen LogP contribution in [0.1, 0.15) is 30.5 Å². The molecular formula is C38H40Cl2N8O6. The van der Waals surface area contributed by atoms with E-state index in [4.69, 9.17) is 38.0 Å². The van der Waals surface area contributed by atoms with Crippen LogP contribution in [0, 0.1) is 0 Å². The molecule has 0 radical (unpaired) electrons. The summed E-state index contributed by atoms with van der Waals surface area (Å²) in [7, 11) is 4.77. The Balaban J connectivity index is 1.21. The Morgan fingerprint density at radius 2 is 1.67 bits per heavy atom. The Morgan fingerprint density at radius 3 is 2.30 bits per heavy atom. The molecule has 2 aromatic carbocycles. The number of fused-ring (bicyclic) bond motifs is 1. The van der Waals surface area contributed by atoms with E-state index in [-0.39, 0.29) is 49.8 Å². The fraction of sp³-hybridized carbons (Fsp3) is 0.316. The molecule has 1 saturated heterocycles. The highest BCUT2D eigenvalue weighted by Gasteiger charge is 2.26. The maximum Gasteiger partial charge on any atom is 0.407 e. The smallest absolute Gasteiger partial charge is 0.407 e. The largest absolute Gasteiger partial charge is 0.481 e. The fourth-order valence-corrected chi connectivity index (χ4v) is 6.92. The summed E-state index contributed by atoms with van der Waals surface area (Å²) >= 11 is 14.1. The lowest BCUT2D eigenvalue weighted by atomic mass is 9.98. The maximum absolute atomic E-state index is 12.1. The number of aromatic nitrogens is 4. The molecule has 3 amide bonds. The number of halogens is 2. The third kappa shape index (κ3) is 8.74.